The van der Waals surface area contributed by atoms with E-state index in [2.05, 4.69) is 22.5 Å². The topological polar surface area (TPSA) is 70.2 Å². The maximum absolute atomic E-state index is 11.8. The number of nitrogens with one attached hydrogen (secondary N) is 3. The van der Waals surface area contributed by atoms with Crippen LogP contribution < -0.4 is 16.0 Å². The van der Waals surface area contributed by atoms with Crippen LogP contribution in [0.3, 0.4) is 0 Å². The van der Waals surface area contributed by atoms with Crippen LogP contribution in [0.15, 0.2) is 36.9 Å². The van der Waals surface area contributed by atoms with E-state index in [1.807, 2.05) is 13.8 Å². The molecule has 5 nitrogen and oxygen atoms in total. The van der Waals surface area contributed by atoms with Gasteiger partial charge in [-0.05, 0) is 37.1 Å². The Labute approximate surface area is 125 Å². The maximum Gasteiger partial charge on any atom is 0.319 e. The van der Waals surface area contributed by atoms with Crippen LogP contribution in [-0.4, -0.2) is 24.5 Å². The summed E-state index contributed by atoms with van der Waals surface area (Å²) in [4.78, 5) is 23.5. The molecule has 0 bridgehead atoms. The summed E-state index contributed by atoms with van der Waals surface area (Å²) in [6, 6.07) is 6.70. The summed E-state index contributed by atoms with van der Waals surface area (Å²) in [6.07, 6.45) is 3.41. The number of carbonyl (C=O) groups is 2. The number of rotatable bonds is 7. The SMILES string of the molecule is C=CCNC(=O)c1ccc(NC(=O)NC(CC)CC)cc1. The summed E-state index contributed by atoms with van der Waals surface area (Å²) in [5, 5.41) is 8.34. The highest BCUT2D eigenvalue weighted by Gasteiger charge is 2.09. The van der Waals surface area contributed by atoms with Gasteiger partial charge in [-0.15, -0.1) is 6.58 Å². The molecule has 3 N–H and O–H groups in total. The minimum Gasteiger partial charge on any atom is -0.349 e. The molecule has 0 radical (unpaired) electrons. The highest BCUT2D eigenvalue weighted by Crippen LogP contribution is 2.09. The highest BCUT2D eigenvalue weighted by atomic mass is 16.2. The van der Waals surface area contributed by atoms with E-state index in [0.717, 1.165) is 12.8 Å². The highest BCUT2D eigenvalue weighted by molar-refractivity contribution is 5.95. The van der Waals surface area contributed by atoms with Crippen LogP contribution in [0.5, 0.6) is 0 Å². The minimum atomic E-state index is -0.229. The van der Waals surface area contributed by atoms with E-state index in [1.54, 1.807) is 30.3 Å². The molecular weight excluding hydrogens is 266 g/mol. The van der Waals surface area contributed by atoms with Crippen LogP contribution in [0.4, 0.5) is 10.5 Å². The van der Waals surface area contributed by atoms with E-state index in [1.165, 1.54) is 0 Å². The first-order chi connectivity index (χ1) is 10.1. The van der Waals surface area contributed by atoms with Gasteiger partial charge in [-0.25, -0.2) is 4.79 Å². The van der Waals surface area contributed by atoms with Crippen molar-refractivity contribution >= 4 is 17.6 Å². The average Bonchev–Trinajstić information content (AvgIpc) is 2.50. The molecule has 1 aromatic rings. The minimum absolute atomic E-state index is 0.164. The van der Waals surface area contributed by atoms with Gasteiger partial charge in [-0.1, -0.05) is 19.9 Å². The second kappa shape index (κ2) is 8.79. The van der Waals surface area contributed by atoms with Crippen molar-refractivity contribution in [2.75, 3.05) is 11.9 Å². The van der Waals surface area contributed by atoms with Gasteiger partial charge in [-0.3, -0.25) is 4.79 Å². The Balaban J connectivity index is 2.56. The molecule has 0 atom stereocenters. The number of benzene rings is 1. The molecule has 0 unspecified atom stereocenters. The van der Waals surface area contributed by atoms with Crippen molar-refractivity contribution in [1.29, 1.82) is 0 Å². The van der Waals surface area contributed by atoms with Crippen LogP contribution in [-0.2, 0) is 0 Å². The maximum atomic E-state index is 11.8. The molecule has 1 rings (SSSR count). The van der Waals surface area contributed by atoms with E-state index < -0.39 is 0 Å². The molecule has 1 aromatic carbocycles. The lowest BCUT2D eigenvalue weighted by Crippen LogP contribution is -2.37. The van der Waals surface area contributed by atoms with Gasteiger partial charge in [0.1, 0.15) is 0 Å². The summed E-state index contributed by atoms with van der Waals surface area (Å²) < 4.78 is 0. The van der Waals surface area contributed by atoms with Gasteiger partial charge in [-0.2, -0.15) is 0 Å². The Morgan fingerprint density at radius 2 is 1.81 bits per heavy atom. The molecule has 0 fully saturated rings. The normalized spacial score (nSPS) is 10.0. The number of hydrogen-bond donors (Lipinski definition) is 3. The molecule has 21 heavy (non-hydrogen) atoms. The van der Waals surface area contributed by atoms with Gasteiger partial charge in [0.2, 0.25) is 0 Å². The quantitative estimate of drug-likeness (QED) is 0.675. The molecule has 3 amide bonds. The predicted octanol–water partition coefficient (Wildman–Crippen LogP) is 2.91. The predicted molar refractivity (Wildman–Crippen MR) is 85.5 cm³/mol. The van der Waals surface area contributed by atoms with Crippen molar-refractivity contribution in [3.05, 3.63) is 42.5 Å². The fourth-order valence-electron chi connectivity index (χ4n) is 1.82. The second-order valence-electron chi connectivity index (χ2n) is 4.69. The number of urea groups is 1. The second-order valence-corrected chi connectivity index (χ2v) is 4.69. The third-order valence-electron chi connectivity index (χ3n) is 3.13. The first-order valence-corrected chi connectivity index (χ1v) is 7.17. The molecule has 0 aliphatic carbocycles. The summed E-state index contributed by atoms with van der Waals surface area (Å²) in [5.41, 5.74) is 1.20. The van der Waals surface area contributed by atoms with E-state index >= 15 is 0 Å². The number of hydrogen-bond acceptors (Lipinski definition) is 2. The van der Waals surface area contributed by atoms with Crippen LogP contribution in [0.1, 0.15) is 37.0 Å². The molecule has 0 spiro atoms. The molecule has 0 aliphatic heterocycles. The van der Waals surface area contributed by atoms with Gasteiger partial charge >= 0.3 is 6.03 Å². The van der Waals surface area contributed by atoms with Crippen LogP contribution in [0.2, 0.25) is 0 Å². The van der Waals surface area contributed by atoms with Crippen LogP contribution >= 0.6 is 0 Å². The van der Waals surface area contributed by atoms with Crippen molar-refractivity contribution in [3.8, 4) is 0 Å². The Hall–Kier alpha value is -2.30. The van der Waals surface area contributed by atoms with Crippen LogP contribution in [0, 0.1) is 0 Å². The van der Waals surface area contributed by atoms with E-state index in [4.69, 9.17) is 0 Å². The first-order valence-electron chi connectivity index (χ1n) is 7.17. The van der Waals surface area contributed by atoms with Crippen molar-refractivity contribution in [1.82, 2.24) is 10.6 Å². The Morgan fingerprint density at radius 1 is 1.19 bits per heavy atom. The van der Waals surface area contributed by atoms with Gasteiger partial charge in [0, 0.05) is 23.8 Å². The summed E-state index contributed by atoms with van der Waals surface area (Å²) >= 11 is 0. The van der Waals surface area contributed by atoms with Crippen molar-refractivity contribution in [2.24, 2.45) is 0 Å². The Bertz CT molecular complexity index is 479. The van der Waals surface area contributed by atoms with Gasteiger partial charge in [0.25, 0.3) is 5.91 Å². The number of carbonyl (C=O) groups excluding carboxylic acids is 2. The fraction of sp³-hybridized carbons (Fsp3) is 0.375. The summed E-state index contributed by atoms with van der Waals surface area (Å²) in [6.45, 7) is 8.03. The average molecular weight is 289 g/mol. The third-order valence-corrected chi connectivity index (χ3v) is 3.13. The van der Waals surface area contributed by atoms with Crippen LogP contribution in [0.25, 0.3) is 0 Å². The third kappa shape index (κ3) is 5.69. The zero-order valence-corrected chi connectivity index (χ0v) is 12.6. The molecule has 0 saturated heterocycles. The lowest BCUT2D eigenvalue weighted by atomic mass is 10.2. The number of amides is 3. The van der Waals surface area contributed by atoms with Crippen molar-refractivity contribution < 1.29 is 9.59 Å². The van der Waals surface area contributed by atoms with Gasteiger partial charge < -0.3 is 16.0 Å². The molecule has 0 aromatic heterocycles. The molecule has 0 aliphatic rings. The molecule has 5 heteroatoms. The lowest BCUT2D eigenvalue weighted by molar-refractivity contribution is 0.0958. The van der Waals surface area contributed by atoms with E-state index in [0.29, 0.717) is 17.8 Å². The van der Waals surface area contributed by atoms with E-state index in [9.17, 15) is 9.59 Å². The standard InChI is InChI=1S/C16H23N3O2/c1-4-11-17-15(20)12-7-9-14(10-8-12)19-16(21)18-13(5-2)6-3/h4,7-10,13H,1,5-6,11H2,2-3H3,(H,17,20)(H2,18,19,21). The fourth-order valence-corrected chi connectivity index (χ4v) is 1.82. The number of anilines is 1. The Morgan fingerprint density at radius 3 is 2.33 bits per heavy atom. The summed E-state index contributed by atoms with van der Waals surface area (Å²) in [7, 11) is 0. The molecule has 0 saturated carbocycles. The van der Waals surface area contributed by atoms with Gasteiger partial charge in [0.15, 0.2) is 0 Å². The van der Waals surface area contributed by atoms with E-state index in [-0.39, 0.29) is 18.0 Å². The molecular formula is C16H23N3O2. The molecule has 0 heterocycles. The zero-order chi connectivity index (χ0) is 15.7. The monoisotopic (exact) mass is 289 g/mol. The lowest BCUT2D eigenvalue weighted by Gasteiger charge is -2.15. The van der Waals surface area contributed by atoms with Crippen molar-refractivity contribution in [2.45, 2.75) is 32.7 Å². The zero-order valence-electron chi connectivity index (χ0n) is 12.6. The Kier molecular flexibility index (Phi) is 7.01. The molecule has 114 valence electrons. The summed E-state index contributed by atoms with van der Waals surface area (Å²) in [5.74, 6) is -0.164. The largest absolute Gasteiger partial charge is 0.349 e. The van der Waals surface area contributed by atoms with Crippen molar-refractivity contribution in [3.63, 3.8) is 0 Å². The first kappa shape index (κ1) is 16.8. The smallest absolute Gasteiger partial charge is 0.319 e. The van der Waals surface area contributed by atoms with Gasteiger partial charge in [0.05, 0.1) is 0 Å².